The van der Waals surface area contributed by atoms with E-state index in [-0.39, 0.29) is 17.9 Å². The van der Waals surface area contributed by atoms with Crippen LogP contribution in [0.2, 0.25) is 0 Å². The molecule has 2 atom stereocenters. The smallest absolute Gasteiger partial charge is 0.228 e. The fourth-order valence-electron chi connectivity index (χ4n) is 2.89. The van der Waals surface area contributed by atoms with Crippen LogP contribution in [0.5, 0.6) is 0 Å². The topological polar surface area (TPSA) is 47.4 Å². The summed E-state index contributed by atoms with van der Waals surface area (Å²) in [5.41, 5.74) is 2.18. The monoisotopic (exact) mass is 319 g/mol. The fourth-order valence-corrected chi connectivity index (χ4v) is 3.55. The molecular formula is C16H21N3O2S. The highest BCUT2D eigenvalue weighted by Crippen LogP contribution is 2.35. The van der Waals surface area contributed by atoms with Gasteiger partial charge < -0.3 is 9.64 Å². The number of thiophene rings is 1. The Bertz CT molecular complexity index is 623. The van der Waals surface area contributed by atoms with Crippen LogP contribution < -0.4 is 0 Å². The summed E-state index contributed by atoms with van der Waals surface area (Å²) >= 11 is 1.65. The number of hydrogen-bond donors (Lipinski definition) is 0. The van der Waals surface area contributed by atoms with Crippen LogP contribution in [-0.2, 0) is 22.6 Å². The fraction of sp³-hybridized carbons (Fsp3) is 0.500. The standard InChI is InChI=1S/C16H21N3O2S/c1-3-19-10-13(8-17-19)15-14(4-6-21-15)16(20)18(2)9-12-5-7-22-11-12/h5,7-8,10-11,14-15H,3-4,6,9H2,1-2H3/t14-,15+/m0/s1. The normalized spacial score (nSPS) is 21.2. The summed E-state index contributed by atoms with van der Waals surface area (Å²) in [6.45, 7) is 4.15. The number of hydrogen-bond acceptors (Lipinski definition) is 4. The predicted molar refractivity (Wildman–Crippen MR) is 85.5 cm³/mol. The van der Waals surface area contributed by atoms with Gasteiger partial charge in [0.25, 0.3) is 0 Å². The van der Waals surface area contributed by atoms with Crippen molar-refractivity contribution in [2.45, 2.75) is 32.5 Å². The number of carbonyl (C=O) groups is 1. The summed E-state index contributed by atoms with van der Waals surface area (Å²) in [7, 11) is 1.87. The van der Waals surface area contributed by atoms with E-state index in [1.54, 1.807) is 16.2 Å². The van der Waals surface area contributed by atoms with Crippen molar-refractivity contribution < 1.29 is 9.53 Å². The number of rotatable bonds is 5. The van der Waals surface area contributed by atoms with E-state index in [0.29, 0.717) is 13.2 Å². The molecule has 0 spiro atoms. The first kappa shape index (κ1) is 15.2. The summed E-state index contributed by atoms with van der Waals surface area (Å²) in [6, 6.07) is 2.06. The number of amides is 1. The molecule has 3 heterocycles. The molecule has 0 saturated carbocycles. The molecule has 2 aromatic rings. The maximum Gasteiger partial charge on any atom is 0.228 e. The zero-order valence-corrected chi connectivity index (χ0v) is 13.8. The van der Waals surface area contributed by atoms with Gasteiger partial charge in [0.15, 0.2) is 0 Å². The van der Waals surface area contributed by atoms with Gasteiger partial charge in [-0.2, -0.15) is 16.4 Å². The maximum absolute atomic E-state index is 12.8. The van der Waals surface area contributed by atoms with Gasteiger partial charge in [-0.3, -0.25) is 9.48 Å². The minimum absolute atomic E-state index is 0.113. The van der Waals surface area contributed by atoms with E-state index in [0.717, 1.165) is 18.5 Å². The third kappa shape index (κ3) is 3.08. The van der Waals surface area contributed by atoms with Crippen LogP contribution in [-0.4, -0.2) is 34.2 Å². The van der Waals surface area contributed by atoms with Gasteiger partial charge in [-0.25, -0.2) is 0 Å². The van der Waals surface area contributed by atoms with Gasteiger partial charge in [-0.15, -0.1) is 0 Å². The van der Waals surface area contributed by atoms with Crippen LogP contribution in [0, 0.1) is 5.92 Å². The van der Waals surface area contributed by atoms with Crippen LogP contribution in [0.1, 0.15) is 30.6 Å². The summed E-state index contributed by atoms with van der Waals surface area (Å²) in [6.07, 6.45) is 4.40. The van der Waals surface area contributed by atoms with E-state index in [4.69, 9.17) is 4.74 Å². The molecule has 6 heteroatoms. The highest BCUT2D eigenvalue weighted by atomic mass is 32.1. The second-order valence-corrected chi connectivity index (χ2v) is 6.42. The summed E-state index contributed by atoms with van der Waals surface area (Å²) in [5.74, 6) is 0.0380. The van der Waals surface area contributed by atoms with Crippen molar-refractivity contribution >= 4 is 17.2 Å². The molecule has 1 amide bonds. The molecule has 0 bridgehead atoms. The third-order valence-electron chi connectivity index (χ3n) is 4.09. The van der Waals surface area contributed by atoms with Crippen molar-refractivity contribution in [2.75, 3.05) is 13.7 Å². The number of ether oxygens (including phenoxy) is 1. The quantitative estimate of drug-likeness (QED) is 0.851. The molecule has 118 valence electrons. The second-order valence-electron chi connectivity index (χ2n) is 5.64. The minimum Gasteiger partial charge on any atom is -0.373 e. The van der Waals surface area contributed by atoms with Gasteiger partial charge in [-0.05, 0) is 35.7 Å². The van der Waals surface area contributed by atoms with Gasteiger partial charge in [0.1, 0.15) is 0 Å². The van der Waals surface area contributed by atoms with Crippen LogP contribution in [0.15, 0.2) is 29.2 Å². The van der Waals surface area contributed by atoms with Crippen LogP contribution in [0.25, 0.3) is 0 Å². The largest absolute Gasteiger partial charge is 0.373 e. The van der Waals surface area contributed by atoms with E-state index < -0.39 is 0 Å². The zero-order chi connectivity index (χ0) is 15.5. The lowest BCUT2D eigenvalue weighted by atomic mass is 9.96. The van der Waals surface area contributed by atoms with Crippen molar-refractivity contribution in [1.29, 1.82) is 0 Å². The Kier molecular flexibility index (Phi) is 4.59. The van der Waals surface area contributed by atoms with Gasteiger partial charge in [0, 0.05) is 38.5 Å². The lowest BCUT2D eigenvalue weighted by molar-refractivity contribution is -0.136. The van der Waals surface area contributed by atoms with E-state index in [1.807, 2.05) is 36.4 Å². The SMILES string of the molecule is CCn1cc([C@H]2OCC[C@@H]2C(=O)N(C)Cc2ccsc2)cn1. The lowest BCUT2D eigenvalue weighted by Crippen LogP contribution is -2.33. The van der Waals surface area contributed by atoms with Crippen LogP contribution in [0.3, 0.4) is 0 Å². The number of aryl methyl sites for hydroxylation is 1. The lowest BCUT2D eigenvalue weighted by Gasteiger charge is -2.23. The second kappa shape index (κ2) is 6.62. The molecule has 22 heavy (non-hydrogen) atoms. The van der Waals surface area contributed by atoms with Crippen LogP contribution >= 0.6 is 11.3 Å². The van der Waals surface area contributed by atoms with Crippen molar-refractivity contribution in [3.8, 4) is 0 Å². The Morgan fingerprint density at radius 3 is 3.14 bits per heavy atom. The summed E-state index contributed by atoms with van der Waals surface area (Å²) < 4.78 is 7.69. The Morgan fingerprint density at radius 1 is 1.59 bits per heavy atom. The molecule has 1 saturated heterocycles. The van der Waals surface area contributed by atoms with Gasteiger partial charge in [0.2, 0.25) is 5.91 Å². The first-order valence-electron chi connectivity index (χ1n) is 7.59. The molecule has 5 nitrogen and oxygen atoms in total. The van der Waals surface area contributed by atoms with Crippen LogP contribution in [0.4, 0.5) is 0 Å². The van der Waals surface area contributed by atoms with E-state index in [9.17, 15) is 4.79 Å². The Labute approximate surface area is 134 Å². The number of carbonyl (C=O) groups excluding carboxylic acids is 1. The molecule has 2 aromatic heterocycles. The third-order valence-corrected chi connectivity index (χ3v) is 4.82. The average molecular weight is 319 g/mol. The first-order chi connectivity index (χ1) is 10.7. The molecular weight excluding hydrogens is 298 g/mol. The summed E-state index contributed by atoms with van der Waals surface area (Å²) in [5, 5.41) is 8.41. The van der Waals surface area contributed by atoms with Gasteiger partial charge in [0.05, 0.1) is 18.2 Å². The summed E-state index contributed by atoms with van der Waals surface area (Å²) in [4.78, 5) is 14.6. The molecule has 0 N–H and O–H groups in total. The Balaban J connectivity index is 1.70. The van der Waals surface area contributed by atoms with E-state index in [2.05, 4.69) is 16.5 Å². The molecule has 0 unspecified atom stereocenters. The van der Waals surface area contributed by atoms with Crippen molar-refractivity contribution in [3.05, 3.63) is 40.3 Å². The maximum atomic E-state index is 12.8. The predicted octanol–water partition coefficient (Wildman–Crippen LogP) is 2.70. The van der Waals surface area contributed by atoms with Gasteiger partial charge >= 0.3 is 0 Å². The van der Waals surface area contributed by atoms with Gasteiger partial charge in [-0.1, -0.05) is 0 Å². The van der Waals surface area contributed by atoms with Crippen molar-refractivity contribution in [3.63, 3.8) is 0 Å². The molecule has 0 aromatic carbocycles. The van der Waals surface area contributed by atoms with E-state index in [1.165, 1.54) is 5.56 Å². The zero-order valence-electron chi connectivity index (χ0n) is 12.9. The molecule has 1 aliphatic rings. The average Bonchev–Trinajstić information content (AvgIpc) is 3.26. The molecule has 1 fully saturated rings. The first-order valence-corrected chi connectivity index (χ1v) is 8.53. The highest BCUT2D eigenvalue weighted by molar-refractivity contribution is 7.07. The van der Waals surface area contributed by atoms with Crippen molar-refractivity contribution in [2.24, 2.45) is 5.92 Å². The highest BCUT2D eigenvalue weighted by Gasteiger charge is 2.37. The molecule has 0 radical (unpaired) electrons. The van der Waals surface area contributed by atoms with E-state index >= 15 is 0 Å². The molecule has 1 aliphatic heterocycles. The number of aromatic nitrogens is 2. The minimum atomic E-state index is -0.169. The Hall–Kier alpha value is -1.66. The van der Waals surface area contributed by atoms with Crippen molar-refractivity contribution in [1.82, 2.24) is 14.7 Å². The Morgan fingerprint density at radius 2 is 2.45 bits per heavy atom. The molecule has 0 aliphatic carbocycles. The molecule has 3 rings (SSSR count). The number of nitrogens with zero attached hydrogens (tertiary/aromatic N) is 3.